The van der Waals surface area contributed by atoms with Gasteiger partial charge in [0.2, 0.25) is 11.7 Å². The van der Waals surface area contributed by atoms with Crippen molar-refractivity contribution in [2.75, 3.05) is 6.54 Å². The monoisotopic (exact) mass is 341 g/mol. The van der Waals surface area contributed by atoms with E-state index in [9.17, 15) is 0 Å². The molecule has 19 heavy (non-hydrogen) atoms. The first kappa shape index (κ1) is 13.1. The Balaban J connectivity index is 1.78. The van der Waals surface area contributed by atoms with E-state index in [0.29, 0.717) is 22.8 Å². The number of aromatic nitrogens is 2. The van der Waals surface area contributed by atoms with Crippen LogP contribution < -0.4 is 5.32 Å². The van der Waals surface area contributed by atoms with Crippen LogP contribution in [-0.2, 0) is 6.42 Å². The fraction of sp³-hybridized carbons (Fsp3) is 0.385. The number of halogens is 2. The number of nitrogens with zero attached hydrogens (tertiary/aromatic N) is 2. The summed E-state index contributed by atoms with van der Waals surface area (Å²) < 4.78 is 6.13. The Morgan fingerprint density at radius 3 is 3.11 bits per heavy atom. The molecule has 0 spiro atoms. The lowest BCUT2D eigenvalue weighted by atomic mass is 10.1. The van der Waals surface area contributed by atoms with Crippen molar-refractivity contribution in [3.8, 4) is 11.4 Å². The molecule has 100 valence electrons. The van der Waals surface area contributed by atoms with E-state index in [0.717, 1.165) is 23.0 Å². The normalized spacial score (nSPS) is 18.9. The Kier molecular flexibility index (Phi) is 3.86. The van der Waals surface area contributed by atoms with Crippen molar-refractivity contribution < 1.29 is 4.52 Å². The van der Waals surface area contributed by atoms with E-state index < -0.39 is 0 Å². The van der Waals surface area contributed by atoms with Crippen LogP contribution >= 0.6 is 27.5 Å². The summed E-state index contributed by atoms with van der Waals surface area (Å²) in [6.45, 7) is 1.08. The van der Waals surface area contributed by atoms with Gasteiger partial charge in [0.15, 0.2) is 0 Å². The minimum absolute atomic E-state index is 0.463. The van der Waals surface area contributed by atoms with Crippen molar-refractivity contribution in [2.45, 2.75) is 25.3 Å². The third-order valence-corrected chi connectivity index (χ3v) is 4.44. The highest BCUT2D eigenvalue weighted by Gasteiger charge is 2.18. The predicted octanol–water partition coefficient (Wildman–Crippen LogP) is 3.45. The topological polar surface area (TPSA) is 51.0 Å². The van der Waals surface area contributed by atoms with Crippen molar-refractivity contribution in [2.24, 2.45) is 0 Å². The third-order valence-electron chi connectivity index (χ3n) is 3.23. The van der Waals surface area contributed by atoms with Gasteiger partial charge in [-0.1, -0.05) is 16.8 Å². The Labute approximate surface area is 124 Å². The van der Waals surface area contributed by atoms with Gasteiger partial charge in [-0.3, -0.25) is 0 Å². The lowest BCUT2D eigenvalue weighted by molar-refractivity contribution is 0.364. The van der Waals surface area contributed by atoms with Gasteiger partial charge in [0.25, 0.3) is 0 Å². The fourth-order valence-electron chi connectivity index (χ4n) is 2.23. The molecular formula is C13H13BrClN3O. The molecule has 1 N–H and O–H groups in total. The Bertz CT molecular complexity index is 581. The van der Waals surface area contributed by atoms with Crippen LogP contribution in [0.1, 0.15) is 18.7 Å². The molecule has 1 aliphatic rings. The zero-order valence-corrected chi connectivity index (χ0v) is 12.5. The highest BCUT2D eigenvalue weighted by atomic mass is 79.9. The molecule has 1 atom stereocenters. The van der Waals surface area contributed by atoms with Gasteiger partial charge in [-0.25, -0.2) is 0 Å². The number of hydrogen-bond acceptors (Lipinski definition) is 4. The number of rotatable bonds is 3. The molecule has 1 fully saturated rings. The molecule has 0 aliphatic carbocycles. The summed E-state index contributed by atoms with van der Waals surface area (Å²) in [5, 5.41) is 8.11. The number of benzene rings is 1. The van der Waals surface area contributed by atoms with Crippen molar-refractivity contribution in [1.82, 2.24) is 15.5 Å². The smallest absolute Gasteiger partial charge is 0.228 e. The molecule has 0 amide bonds. The summed E-state index contributed by atoms with van der Waals surface area (Å²) in [5.41, 5.74) is 0.894. The maximum atomic E-state index is 5.97. The molecule has 0 saturated carbocycles. The highest BCUT2D eigenvalue weighted by Crippen LogP contribution is 2.27. The SMILES string of the molecule is Clc1ccc(-c2noc(CC3CCCN3)n2)cc1Br. The van der Waals surface area contributed by atoms with Crippen LogP contribution in [0.5, 0.6) is 0 Å². The van der Waals surface area contributed by atoms with E-state index in [1.54, 1.807) is 0 Å². The zero-order chi connectivity index (χ0) is 13.2. The largest absolute Gasteiger partial charge is 0.339 e. The molecule has 4 nitrogen and oxygen atoms in total. The van der Waals surface area contributed by atoms with Crippen molar-refractivity contribution in [3.05, 3.63) is 33.6 Å². The molecule has 0 bridgehead atoms. The van der Waals surface area contributed by atoms with Gasteiger partial charge in [-0.05, 0) is 53.5 Å². The molecule has 1 aromatic carbocycles. The Hall–Kier alpha value is -0.910. The van der Waals surface area contributed by atoms with Crippen LogP contribution in [0.15, 0.2) is 27.2 Å². The van der Waals surface area contributed by atoms with Crippen molar-refractivity contribution in [1.29, 1.82) is 0 Å². The summed E-state index contributed by atoms with van der Waals surface area (Å²) in [6.07, 6.45) is 3.18. The van der Waals surface area contributed by atoms with Gasteiger partial charge >= 0.3 is 0 Å². The Morgan fingerprint density at radius 1 is 1.47 bits per heavy atom. The lowest BCUT2D eigenvalue weighted by Gasteiger charge is -2.04. The van der Waals surface area contributed by atoms with Crippen LogP contribution in [-0.4, -0.2) is 22.7 Å². The van der Waals surface area contributed by atoms with Gasteiger partial charge in [-0.15, -0.1) is 0 Å². The summed E-state index contributed by atoms with van der Waals surface area (Å²) in [6, 6.07) is 6.06. The molecule has 2 heterocycles. The second-order valence-electron chi connectivity index (χ2n) is 4.64. The van der Waals surface area contributed by atoms with Gasteiger partial charge < -0.3 is 9.84 Å². The molecule has 1 saturated heterocycles. The minimum atomic E-state index is 0.463. The van der Waals surface area contributed by atoms with E-state index in [-0.39, 0.29) is 0 Å². The van der Waals surface area contributed by atoms with Gasteiger partial charge in [0.1, 0.15) is 0 Å². The summed E-state index contributed by atoms with van der Waals surface area (Å²) in [4.78, 5) is 4.43. The van der Waals surface area contributed by atoms with Gasteiger partial charge in [0.05, 0.1) is 5.02 Å². The summed E-state index contributed by atoms with van der Waals surface area (Å²) >= 11 is 9.36. The van der Waals surface area contributed by atoms with Crippen LogP contribution in [0.25, 0.3) is 11.4 Å². The highest BCUT2D eigenvalue weighted by molar-refractivity contribution is 9.10. The second-order valence-corrected chi connectivity index (χ2v) is 5.90. The summed E-state index contributed by atoms with van der Waals surface area (Å²) in [7, 11) is 0. The van der Waals surface area contributed by atoms with Crippen LogP contribution in [0.3, 0.4) is 0 Å². The van der Waals surface area contributed by atoms with Crippen LogP contribution in [0.4, 0.5) is 0 Å². The minimum Gasteiger partial charge on any atom is -0.339 e. The molecule has 2 aromatic rings. The van der Waals surface area contributed by atoms with E-state index in [4.69, 9.17) is 16.1 Å². The number of nitrogens with one attached hydrogen (secondary N) is 1. The third kappa shape index (κ3) is 2.99. The van der Waals surface area contributed by atoms with Gasteiger partial charge in [-0.2, -0.15) is 4.98 Å². The molecule has 1 aliphatic heterocycles. The van der Waals surface area contributed by atoms with Crippen molar-refractivity contribution >= 4 is 27.5 Å². The van der Waals surface area contributed by atoms with E-state index in [1.165, 1.54) is 12.8 Å². The first-order valence-corrected chi connectivity index (χ1v) is 7.41. The molecule has 6 heteroatoms. The average Bonchev–Trinajstić information content (AvgIpc) is 3.05. The fourth-order valence-corrected chi connectivity index (χ4v) is 2.73. The van der Waals surface area contributed by atoms with Crippen molar-refractivity contribution in [3.63, 3.8) is 0 Å². The molecule has 3 rings (SSSR count). The Morgan fingerprint density at radius 2 is 2.37 bits per heavy atom. The van der Waals surface area contributed by atoms with Crippen LogP contribution in [0, 0.1) is 0 Å². The molecule has 0 radical (unpaired) electrons. The van der Waals surface area contributed by atoms with E-state index in [2.05, 4.69) is 31.4 Å². The zero-order valence-electron chi connectivity index (χ0n) is 10.2. The van der Waals surface area contributed by atoms with E-state index >= 15 is 0 Å². The maximum absolute atomic E-state index is 5.97. The molecular weight excluding hydrogens is 330 g/mol. The molecule has 1 unspecified atom stereocenters. The standard InChI is InChI=1S/C13H13BrClN3O/c14-10-6-8(3-4-11(10)15)13-17-12(19-18-13)7-9-2-1-5-16-9/h3-4,6,9,16H,1-2,5,7H2. The predicted molar refractivity (Wildman–Crippen MR) is 77.2 cm³/mol. The number of hydrogen-bond donors (Lipinski definition) is 1. The summed E-state index contributed by atoms with van der Waals surface area (Å²) in [5.74, 6) is 1.28. The first-order valence-electron chi connectivity index (χ1n) is 6.24. The molecule has 1 aromatic heterocycles. The average molecular weight is 343 g/mol. The van der Waals surface area contributed by atoms with Gasteiger partial charge in [0, 0.05) is 22.5 Å². The van der Waals surface area contributed by atoms with E-state index in [1.807, 2.05) is 18.2 Å². The second kappa shape index (κ2) is 5.61. The maximum Gasteiger partial charge on any atom is 0.228 e. The van der Waals surface area contributed by atoms with Crippen LogP contribution in [0.2, 0.25) is 5.02 Å². The quantitative estimate of drug-likeness (QED) is 0.928. The first-order chi connectivity index (χ1) is 9.22. The lowest BCUT2D eigenvalue weighted by Crippen LogP contribution is -2.23.